The summed E-state index contributed by atoms with van der Waals surface area (Å²) in [5.41, 5.74) is 1.18. The fraction of sp³-hybridized carbons (Fsp3) is 0.958. The van der Waals surface area contributed by atoms with Gasteiger partial charge >= 0.3 is 0 Å². The van der Waals surface area contributed by atoms with Gasteiger partial charge in [-0.2, -0.15) is 0 Å². The molecule has 0 N–H and O–H groups in total. The monoisotopic (exact) mass is 387 g/mol. The van der Waals surface area contributed by atoms with Gasteiger partial charge in [-0.1, -0.05) is 27.7 Å². The van der Waals surface area contributed by atoms with E-state index in [1.165, 1.54) is 64.7 Å². The number of amides is 1. The molecule has 0 aromatic heterocycles. The molecular weight excluding hydrogens is 346 g/mol. The summed E-state index contributed by atoms with van der Waals surface area (Å²) < 4.78 is 0. The van der Waals surface area contributed by atoms with Crippen molar-refractivity contribution in [2.75, 3.05) is 39.3 Å². The SMILES string of the molecule is CC(C)C(=O)N1CC2(CC(N3CC4(CC(N5CCC(C(C)C)CC5)C4)C3)C2)C1. The van der Waals surface area contributed by atoms with Crippen molar-refractivity contribution in [3.05, 3.63) is 0 Å². The van der Waals surface area contributed by atoms with E-state index in [0.717, 1.165) is 37.0 Å². The highest BCUT2D eigenvalue weighted by atomic mass is 16.2. The molecule has 0 aromatic carbocycles. The summed E-state index contributed by atoms with van der Waals surface area (Å²) in [6.07, 6.45) is 8.46. The number of rotatable bonds is 4. The van der Waals surface area contributed by atoms with E-state index in [2.05, 4.69) is 28.5 Å². The Morgan fingerprint density at radius 3 is 1.79 bits per heavy atom. The first-order chi connectivity index (χ1) is 13.3. The van der Waals surface area contributed by atoms with Crippen molar-refractivity contribution in [1.82, 2.24) is 14.7 Å². The van der Waals surface area contributed by atoms with Crippen LogP contribution in [-0.4, -0.2) is 72.0 Å². The maximum atomic E-state index is 12.1. The largest absolute Gasteiger partial charge is 0.341 e. The number of hydrogen-bond donors (Lipinski definition) is 0. The fourth-order valence-corrected chi connectivity index (χ4v) is 7.22. The standard InChI is InChI=1S/C24H41N3O/c1-17(2)19-5-7-25(8-6-19)20-9-23(10-20)13-26(14-23)21-11-24(12-21)15-27(16-24)22(28)18(3)4/h17-21H,5-16H2,1-4H3. The molecule has 2 spiro atoms. The Labute approximate surface area is 172 Å². The quantitative estimate of drug-likeness (QED) is 0.739. The van der Waals surface area contributed by atoms with Gasteiger partial charge in [0.2, 0.25) is 5.91 Å². The van der Waals surface area contributed by atoms with Crippen LogP contribution in [-0.2, 0) is 4.79 Å². The van der Waals surface area contributed by atoms with Crippen molar-refractivity contribution >= 4 is 5.91 Å². The normalized spacial score (nSPS) is 31.1. The highest BCUT2D eigenvalue weighted by molar-refractivity contribution is 5.79. The number of nitrogens with zero attached hydrogens (tertiary/aromatic N) is 3. The third-order valence-corrected chi connectivity index (χ3v) is 9.16. The molecule has 3 saturated heterocycles. The topological polar surface area (TPSA) is 26.8 Å². The van der Waals surface area contributed by atoms with Gasteiger partial charge in [-0.3, -0.25) is 9.69 Å². The highest BCUT2D eigenvalue weighted by Crippen LogP contribution is 2.57. The number of carbonyl (C=O) groups is 1. The molecule has 5 rings (SSSR count). The molecule has 0 bridgehead atoms. The summed E-state index contributed by atoms with van der Waals surface area (Å²) >= 11 is 0. The van der Waals surface area contributed by atoms with Crippen molar-refractivity contribution in [3.8, 4) is 0 Å². The number of hydrogen-bond acceptors (Lipinski definition) is 3. The molecule has 4 nitrogen and oxygen atoms in total. The average Bonchev–Trinajstić information content (AvgIpc) is 2.51. The van der Waals surface area contributed by atoms with Crippen LogP contribution < -0.4 is 0 Å². The van der Waals surface area contributed by atoms with Crippen molar-refractivity contribution in [3.63, 3.8) is 0 Å². The van der Waals surface area contributed by atoms with Gasteiger partial charge in [0, 0.05) is 49.6 Å². The van der Waals surface area contributed by atoms with Crippen molar-refractivity contribution in [1.29, 1.82) is 0 Å². The third kappa shape index (κ3) is 3.14. The average molecular weight is 388 g/mol. The molecule has 3 heterocycles. The Kier molecular flexibility index (Phi) is 4.63. The number of likely N-dealkylation sites (tertiary alicyclic amines) is 3. The molecule has 158 valence electrons. The second-order valence-electron chi connectivity index (χ2n) is 12.0. The van der Waals surface area contributed by atoms with E-state index in [4.69, 9.17) is 0 Å². The lowest BCUT2D eigenvalue weighted by molar-refractivity contribution is -0.186. The minimum Gasteiger partial charge on any atom is -0.341 e. The predicted molar refractivity (Wildman–Crippen MR) is 113 cm³/mol. The van der Waals surface area contributed by atoms with Crippen LogP contribution in [0.15, 0.2) is 0 Å². The molecule has 5 aliphatic rings. The minimum absolute atomic E-state index is 0.159. The van der Waals surface area contributed by atoms with E-state index in [0.29, 0.717) is 16.7 Å². The molecule has 2 aliphatic carbocycles. The summed E-state index contributed by atoms with van der Waals surface area (Å²) in [5, 5.41) is 0. The lowest BCUT2D eigenvalue weighted by Gasteiger charge is -2.68. The predicted octanol–water partition coefficient (Wildman–Crippen LogP) is 3.47. The number of piperidine rings is 1. The first kappa shape index (κ1) is 19.4. The van der Waals surface area contributed by atoms with E-state index in [9.17, 15) is 4.79 Å². The van der Waals surface area contributed by atoms with Gasteiger partial charge in [0.25, 0.3) is 0 Å². The molecule has 28 heavy (non-hydrogen) atoms. The van der Waals surface area contributed by atoms with Gasteiger partial charge in [0.05, 0.1) is 0 Å². The molecule has 0 atom stereocenters. The molecule has 5 fully saturated rings. The molecule has 4 heteroatoms. The van der Waals surface area contributed by atoms with Crippen LogP contribution in [0, 0.1) is 28.6 Å². The minimum atomic E-state index is 0.159. The third-order valence-electron chi connectivity index (χ3n) is 9.16. The Balaban J connectivity index is 1.00. The maximum Gasteiger partial charge on any atom is 0.225 e. The van der Waals surface area contributed by atoms with Gasteiger partial charge < -0.3 is 9.80 Å². The van der Waals surface area contributed by atoms with Crippen LogP contribution in [0.3, 0.4) is 0 Å². The van der Waals surface area contributed by atoms with Crippen LogP contribution in [0.4, 0.5) is 0 Å². The van der Waals surface area contributed by atoms with Gasteiger partial charge in [0.1, 0.15) is 0 Å². The first-order valence-electron chi connectivity index (χ1n) is 12.1. The van der Waals surface area contributed by atoms with Gasteiger partial charge in [-0.15, -0.1) is 0 Å². The number of carbonyl (C=O) groups excluding carboxylic acids is 1. The summed E-state index contributed by atoms with van der Waals surface area (Å²) in [7, 11) is 0. The van der Waals surface area contributed by atoms with E-state index in [1.54, 1.807) is 0 Å². The van der Waals surface area contributed by atoms with Crippen molar-refractivity contribution < 1.29 is 4.79 Å². The Morgan fingerprint density at radius 1 is 0.786 bits per heavy atom. The molecule has 0 radical (unpaired) electrons. The van der Waals surface area contributed by atoms with Crippen LogP contribution in [0.25, 0.3) is 0 Å². The zero-order valence-corrected chi connectivity index (χ0v) is 18.6. The maximum absolute atomic E-state index is 12.1. The van der Waals surface area contributed by atoms with E-state index < -0.39 is 0 Å². The summed E-state index contributed by atoms with van der Waals surface area (Å²) in [6, 6.07) is 1.72. The Hall–Kier alpha value is -0.610. The van der Waals surface area contributed by atoms with Gasteiger partial charge in [-0.25, -0.2) is 0 Å². The Morgan fingerprint density at radius 2 is 1.29 bits per heavy atom. The summed E-state index contributed by atoms with van der Waals surface area (Å²) in [5.74, 6) is 2.35. The fourth-order valence-electron chi connectivity index (χ4n) is 7.22. The molecule has 0 aromatic rings. The van der Waals surface area contributed by atoms with Gasteiger partial charge in [-0.05, 0) is 68.9 Å². The van der Waals surface area contributed by atoms with Crippen LogP contribution in [0.1, 0.15) is 66.2 Å². The summed E-state index contributed by atoms with van der Waals surface area (Å²) in [6.45, 7) is 16.3. The lowest BCUT2D eigenvalue weighted by Crippen LogP contribution is -2.74. The zero-order valence-electron chi connectivity index (χ0n) is 18.6. The van der Waals surface area contributed by atoms with Crippen LogP contribution in [0.5, 0.6) is 0 Å². The second kappa shape index (κ2) is 6.70. The van der Waals surface area contributed by atoms with E-state index >= 15 is 0 Å². The first-order valence-corrected chi connectivity index (χ1v) is 12.1. The molecule has 0 unspecified atom stereocenters. The lowest BCUT2D eigenvalue weighted by atomic mass is 9.55. The highest BCUT2D eigenvalue weighted by Gasteiger charge is 2.60. The molecule has 3 aliphatic heterocycles. The zero-order chi connectivity index (χ0) is 19.7. The summed E-state index contributed by atoms with van der Waals surface area (Å²) in [4.78, 5) is 19.8. The van der Waals surface area contributed by atoms with E-state index in [1.807, 2.05) is 13.8 Å². The molecular formula is C24H41N3O. The van der Waals surface area contributed by atoms with E-state index in [-0.39, 0.29) is 5.92 Å². The smallest absolute Gasteiger partial charge is 0.225 e. The Bertz CT molecular complexity index is 593. The van der Waals surface area contributed by atoms with Crippen molar-refractivity contribution in [2.24, 2.45) is 28.6 Å². The molecule has 2 saturated carbocycles. The second-order valence-corrected chi connectivity index (χ2v) is 12.0. The van der Waals surface area contributed by atoms with Crippen molar-refractivity contribution in [2.45, 2.75) is 78.3 Å². The molecule has 1 amide bonds. The van der Waals surface area contributed by atoms with Crippen LogP contribution >= 0.6 is 0 Å². The van der Waals surface area contributed by atoms with Gasteiger partial charge in [0.15, 0.2) is 0 Å². The van der Waals surface area contributed by atoms with Crippen LogP contribution in [0.2, 0.25) is 0 Å².